The van der Waals surface area contributed by atoms with Crippen molar-refractivity contribution in [1.29, 1.82) is 0 Å². The summed E-state index contributed by atoms with van der Waals surface area (Å²) in [5.41, 5.74) is 2.99. The summed E-state index contributed by atoms with van der Waals surface area (Å²) in [5, 5.41) is 1.25. The maximum absolute atomic E-state index is 12.3. The molecule has 1 aliphatic heterocycles. The van der Waals surface area contributed by atoms with Gasteiger partial charge in [-0.15, -0.1) is 0 Å². The van der Waals surface area contributed by atoms with E-state index < -0.39 is 0 Å². The van der Waals surface area contributed by atoms with E-state index in [0.29, 0.717) is 11.6 Å². The first kappa shape index (κ1) is 14.9. The van der Waals surface area contributed by atoms with E-state index in [1.807, 2.05) is 17.2 Å². The fraction of sp³-hybridized carbons (Fsp3) is 0.316. The molecule has 0 bridgehead atoms. The number of carbonyl (C=O) groups excluding carboxylic acids is 1. The molecule has 0 radical (unpaired) electrons. The van der Waals surface area contributed by atoms with E-state index in [1.165, 1.54) is 10.9 Å². The highest BCUT2D eigenvalue weighted by molar-refractivity contribution is 5.92. The number of hydrogen-bond acceptors (Lipinski definition) is 3. The minimum absolute atomic E-state index is 0.0558. The standard InChI is InChI=1S/C19H20N4O/c24-19(18-12-20-13-22-18)23-9-6-14(7-10-23)11-15-3-1-5-17-16(15)4-2-8-21-17/h1-5,8,12-14H,6-7,9-11H2,(H,20,22). The highest BCUT2D eigenvalue weighted by atomic mass is 16.2. The average molecular weight is 320 g/mol. The normalized spacial score (nSPS) is 15.8. The number of H-pyrrole nitrogens is 1. The van der Waals surface area contributed by atoms with Crippen molar-refractivity contribution in [3.05, 3.63) is 60.3 Å². The number of aromatic amines is 1. The molecule has 1 amide bonds. The van der Waals surface area contributed by atoms with Crippen LogP contribution in [0.4, 0.5) is 0 Å². The molecule has 24 heavy (non-hydrogen) atoms. The molecule has 0 saturated carbocycles. The minimum atomic E-state index is 0.0558. The van der Waals surface area contributed by atoms with E-state index in [1.54, 1.807) is 12.5 Å². The maximum Gasteiger partial charge on any atom is 0.271 e. The third-order valence-corrected chi connectivity index (χ3v) is 4.87. The molecule has 1 N–H and O–H groups in total. The third kappa shape index (κ3) is 2.89. The van der Waals surface area contributed by atoms with Crippen LogP contribution in [0.3, 0.4) is 0 Å². The number of rotatable bonds is 3. The predicted molar refractivity (Wildman–Crippen MR) is 92.7 cm³/mol. The van der Waals surface area contributed by atoms with Crippen LogP contribution in [0, 0.1) is 5.92 Å². The van der Waals surface area contributed by atoms with E-state index in [-0.39, 0.29) is 5.91 Å². The number of piperidine rings is 1. The number of pyridine rings is 1. The lowest BCUT2D eigenvalue weighted by molar-refractivity contribution is 0.0685. The first-order valence-corrected chi connectivity index (χ1v) is 8.41. The second-order valence-corrected chi connectivity index (χ2v) is 6.39. The van der Waals surface area contributed by atoms with Gasteiger partial charge in [0.15, 0.2) is 0 Å². The lowest BCUT2D eigenvalue weighted by atomic mass is 9.88. The van der Waals surface area contributed by atoms with Gasteiger partial charge in [0.05, 0.1) is 18.0 Å². The van der Waals surface area contributed by atoms with Gasteiger partial charge in [0.2, 0.25) is 0 Å². The number of amides is 1. The molecule has 1 aliphatic rings. The molecular weight excluding hydrogens is 300 g/mol. The second kappa shape index (κ2) is 6.43. The van der Waals surface area contributed by atoms with Crippen molar-refractivity contribution >= 4 is 16.8 Å². The Kier molecular flexibility index (Phi) is 3.99. The number of carbonyl (C=O) groups is 1. The number of nitrogens with zero attached hydrogens (tertiary/aromatic N) is 3. The van der Waals surface area contributed by atoms with Gasteiger partial charge in [-0.25, -0.2) is 4.98 Å². The summed E-state index contributed by atoms with van der Waals surface area (Å²) in [5.74, 6) is 0.668. The van der Waals surface area contributed by atoms with Crippen LogP contribution in [0.15, 0.2) is 49.1 Å². The van der Waals surface area contributed by atoms with Crippen LogP contribution in [-0.4, -0.2) is 38.8 Å². The highest BCUT2D eigenvalue weighted by Gasteiger charge is 2.24. The molecule has 4 rings (SSSR count). The molecule has 1 aromatic carbocycles. The molecule has 0 unspecified atom stereocenters. The molecule has 3 aromatic rings. The van der Waals surface area contributed by atoms with E-state index in [4.69, 9.17) is 0 Å². The monoisotopic (exact) mass is 320 g/mol. The van der Waals surface area contributed by atoms with Gasteiger partial charge in [-0.2, -0.15) is 0 Å². The Morgan fingerprint density at radius 3 is 2.88 bits per heavy atom. The number of fused-ring (bicyclic) bond motifs is 1. The van der Waals surface area contributed by atoms with Gasteiger partial charge in [0, 0.05) is 24.7 Å². The van der Waals surface area contributed by atoms with Gasteiger partial charge >= 0.3 is 0 Å². The number of likely N-dealkylation sites (tertiary alicyclic amines) is 1. The Morgan fingerprint density at radius 2 is 2.08 bits per heavy atom. The summed E-state index contributed by atoms with van der Waals surface area (Å²) in [7, 11) is 0. The molecule has 1 fully saturated rings. The Bertz CT molecular complexity index is 830. The summed E-state index contributed by atoms with van der Waals surface area (Å²) in [6.07, 6.45) is 8.11. The molecule has 2 aromatic heterocycles. The molecule has 5 nitrogen and oxygen atoms in total. The first-order valence-electron chi connectivity index (χ1n) is 8.41. The fourth-order valence-electron chi connectivity index (χ4n) is 3.54. The largest absolute Gasteiger partial charge is 0.341 e. The number of aromatic nitrogens is 3. The summed E-state index contributed by atoms with van der Waals surface area (Å²) in [4.78, 5) is 25.5. The van der Waals surface area contributed by atoms with Gasteiger partial charge in [0.1, 0.15) is 5.69 Å². The summed E-state index contributed by atoms with van der Waals surface area (Å²) >= 11 is 0. The van der Waals surface area contributed by atoms with Crippen molar-refractivity contribution < 1.29 is 4.79 Å². The zero-order valence-corrected chi connectivity index (χ0v) is 13.5. The molecule has 3 heterocycles. The number of hydrogen-bond donors (Lipinski definition) is 1. The van der Waals surface area contributed by atoms with Gasteiger partial charge in [-0.05, 0) is 42.9 Å². The molecule has 5 heteroatoms. The van der Waals surface area contributed by atoms with Crippen LogP contribution < -0.4 is 0 Å². The molecule has 0 aliphatic carbocycles. The molecular formula is C19H20N4O. The van der Waals surface area contributed by atoms with Crippen LogP contribution in [0.5, 0.6) is 0 Å². The smallest absolute Gasteiger partial charge is 0.271 e. The van der Waals surface area contributed by atoms with Crippen molar-refractivity contribution in [3.8, 4) is 0 Å². The maximum atomic E-state index is 12.3. The van der Waals surface area contributed by atoms with Crippen molar-refractivity contribution in [1.82, 2.24) is 19.9 Å². The van der Waals surface area contributed by atoms with Crippen molar-refractivity contribution in [2.45, 2.75) is 19.3 Å². The number of nitrogens with one attached hydrogen (secondary N) is 1. The van der Waals surface area contributed by atoms with E-state index in [2.05, 4.69) is 39.2 Å². The zero-order chi connectivity index (χ0) is 16.4. The zero-order valence-electron chi connectivity index (χ0n) is 13.5. The Hall–Kier alpha value is -2.69. The topological polar surface area (TPSA) is 61.9 Å². The average Bonchev–Trinajstić information content (AvgIpc) is 3.17. The molecule has 122 valence electrons. The van der Waals surface area contributed by atoms with Gasteiger partial charge in [-0.1, -0.05) is 18.2 Å². The van der Waals surface area contributed by atoms with Crippen molar-refractivity contribution in [3.63, 3.8) is 0 Å². The molecule has 0 atom stereocenters. The number of benzene rings is 1. The quantitative estimate of drug-likeness (QED) is 0.807. The van der Waals surface area contributed by atoms with Crippen molar-refractivity contribution in [2.75, 3.05) is 13.1 Å². The minimum Gasteiger partial charge on any atom is -0.341 e. The van der Waals surface area contributed by atoms with Crippen molar-refractivity contribution in [2.24, 2.45) is 5.92 Å². The Balaban J connectivity index is 1.42. The number of imidazole rings is 1. The van der Waals surface area contributed by atoms with Gasteiger partial charge < -0.3 is 9.88 Å². The third-order valence-electron chi connectivity index (χ3n) is 4.87. The Labute approximate surface area is 140 Å². The van der Waals surface area contributed by atoms with Crippen LogP contribution in [0.25, 0.3) is 10.9 Å². The molecule has 1 saturated heterocycles. The SMILES string of the molecule is O=C(c1cnc[nH]1)N1CCC(Cc2cccc3ncccc23)CC1. The van der Waals surface area contributed by atoms with E-state index in [9.17, 15) is 4.79 Å². The predicted octanol–water partition coefficient (Wildman–Crippen LogP) is 3.05. The Morgan fingerprint density at radius 1 is 1.21 bits per heavy atom. The van der Waals surface area contributed by atoms with Crippen LogP contribution in [0.2, 0.25) is 0 Å². The van der Waals surface area contributed by atoms with Crippen LogP contribution in [0.1, 0.15) is 28.9 Å². The highest BCUT2D eigenvalue weighted by Crippen LogP contribution is 2.26. The van der Waals surface area contributed by atoms with E-state index in [0.717, 1.165) is 37.9 Å². The molecule has 0 spiro atoms. The van der Waals surface area contributed by atoms with Crippen LogP contribution >= 0.6 is 0 Å². The van der Waals surface area contributed by atoms with Gasteiger partial charge in [-0.3, -0.25) is 9.78 Å². The summed E-state index contributed by atoms with van der Waals surface area (Å²) in [6.45, 7) is 1.62. The van der Waals surface area contributed by atoms with Gasteiger partial charge in [0.25, 0.3) is 5.91 Å². The lowest BCUT2D eigenvalue weighted by Gasteiger charge is -2.32. The van der Waals surface area contributed by atoms with E-state index >= 15 is 0 Å². The second-order valence-electron chi connectivity index (χ2n) is 6.39. The first-order chi connectivity index (χ1) is 11.8. The van der Waals surface area contributed by atoms with Crippen LogP contribution in [-0.2, 0) is 6.42 Å². The summed E-state index contributed by atoms with van der Waals surface area (Å²) in [6, 6.07) is 10.5. The fourth-order valence-corrected chi connectivity index (χ4v) is 3.54. The summed E-state index contributed by atoms with van der Waals surface area (Å²) < 4.78 is 0. The lowest BCUT2D eigenvalue weighted by Crippen LogP contribution is -2.39.